The summed E-state index contributed by atoms with van der Waals surface area (Å²) >= 11 is 6.01. The molecule has 0 amide bonds. The van der Waals surface area contributed by atoms with Crippen molar-refractivity contribution in [2.75, 3.05) is 7.11 Å². The van der Waals surface area contributed by atoms with Gasteiger partial charge in [0.25, 0.3) is 5.79 Å². The molecule has 22 heavy (non-hydrogen) atoms. The van der Waals surface area contributed by atoms with Crippen LogP contribution in [-0.2, 0) is 19.1 Å². The molecule has 1 fully saturated rings. The van der Waals surface area contributed by atoms with Gasteiger partial charge in [-0.1, -0.05) is 11.6 Å². The molecule has 0 bridgehead atoms. The molecule has 0 N–H and O–H groups in total. The molecule has 1 aromatic carbocycles. The van der Waals surface area contributed by atoms with Crippen LogP contribution in [0.15, 0.2) is 11.6 Å². The quantitative estimate of drug-likeness (QED) is 0.474. The van der Waals surface area contributed by atoms with Crippen LogP contribution in [0.3, 0.4) is 0 Å². The van der Waals surface area contributed by atoms with Crippen molar-refractivity contribution >= 4 is 29.6 Å². The molecule has 1 aromatic rings. The zero-order chi connectivity index (χ0) is 16.7. The second kappa shape index (κ2) is 5.61. The highest BCUT2D eigenvalue weighted by Crippen LogP contribution is 2.34. The lowest BCUT2D eigenvalue weighted by molar-refractivity contribution is -0.222. The first kappa shape index (κ1) is 16.3. The summed E-state index contributed by atoms with van der Waals surface area (Å²) < 4.78 is 28.7. The Morgan fingerprint density at radius 1 is 1.27 bits per heavy atom. The number of halogens is 2. The Morgan fingerprint density at radius 3 is 2.32 bits per heavy atom. The van der Waals surface area contributed by atoms with Crippen LogP contribution in [-0.4, -0.2) is 24.8 Å². The molecule has 0 radical (unpaired) electrons. The fourth-order valence-corrected chi connectivity index (χ4v) is 2.26. The Balaban J connectivity index is 2.50. The number of methoxy groups -OCH3 is 1. The molecule has 0 atom stereocenters. The minimum atomic E-state index is -1.33. The van der Waals surface area contributed by atoms with E-state index in [1.165, 1.54) is 27.0 Å². The maximum absolute atomic E-state index is 13.9. The van der Waals surface area contributed by atoms with Gasteiger partial charge in [-0.15, -0.1) is 0 Å². The smallest absolute Gasteiger partial charge is 0.348 e. The van der Waals surface area contributed by atoms with Crippen molar-refractivity contribution in [2.45, 2.75) is 26.6 Å². The molecule has 118 valence electrons. The third kappa shape index (κ3) is 2.92. The van der Waals surface area contributed by atoms with Gasteiger partial charge in [-0.2, -0.15) is 0 Å². The van der Waals surface area contributed by atoms with Crippen LogP contribution >= 0.6 is 11.6 Å². The van der Waals surface area contributed by atoms with E-state index in [2.05, 4.69) is 0 Å². The summed E-state index contributed by atoms with van der Waals surface area (Å²) in [5.74, 6) is -3.82. The second-order valence-electron chi connectivity index (χ2n) is 5.16. The SMILES string of the molecule is COc1c(F)cc(C=C2C(=O)OC(C)(C)OC2=O)c(C)c1Cl. The number of ether oxygens (including phenoxy) is 3. The number of cyclic esters (lactones) is 2. The van der Waals surface area contributed by atoms with Gasteiger partial charge in [0.15, 0.2) is 11.6 Å². The number of rotatable bonds is 2. The molecule has 1 aliphatic rings. The zero-order valence-corrected chi connectivity index (χ0v) is 13.2. The normalized spacial score (nSPS) is 16.9. The first-order valence-electron chi connectivity index (χ1n) is 6.37. The van der Waals surface area contributed by atoms with Crippen LogP contribution in [0.5, 0.6) is 5.75 Å². The number of hydrogen-bond donors (Lipinski definition) is 0. The molecule has 5 nitrogen and oxygen atoms in total. The molecule has 2 rings (SSSR count). The van der Waals surface area contributed by atoms with E-state index in [1.54, 1.807) is 6.92 Å². The van der Waals surface area contributed by atoms with Crippen molar-refractivity contribution < 1.29 is 28.2 Å². The summed E-state index contributed by atoms with van der Waals surface area (Å²) in [6, 6.07) is 1.12. The molecular formula is C15H14ClFO5. The molecule has 0 aromatic heterocycles. The number of carbonyl (C=O) groups excluding carboxylic acids is 2. The highest BCUT2D eigenvalue weighted by atomic mass is 35.5. The summed E-state index contributed by atoms with van der Waals surface area (Å²) in [7, 11) is 1.29. The Bertz CT molecular complexity index is 672. The average Bonchev–Trinajstić information content (AvgIpc) is 2.39. The zero-order valence-electron chi connectivity index (χ0n) is 12.5. The highest BCUT2D eigenvalue weighted by Gasteiger charge is 2.39. The van der Waals surface area contributed by atoms with Gasteiger partial charge >= 0.3 is 11.9 Å². The average molecular weight is 329 g/mol. The fraction of sp³-hybridized carbons (Fsp3) is 0.333. The first-order valence-corrected chi connectivity index (χ1v) is 6.75. The van der Waals surface area contributed by atoms with E-state index in [9.17, 15) is 14.0 Å². The standard InChI is InChI=1S/C15H14ClFO5/c1-7-8(6-10(17)12(20-4)11(7)16)5-9-13(18)21-15(2,3)22-14(9)19/h5-6H,1-4H3. The Labute approximate surface area is 131 Å². The number of benzene rings is 1. The number of carbonyl (C=O) groups is 2. The van der Waals surface area contributed by atoms with E-state index in [0.717, 1.165) is 6.07 Å². The summed E-state index contributed by atoms with van der Waals surface area (Å²) in [6.07, 6.45) is 1.18. The number of esters is 2. The predicted octanol–water partition coefficient (Wildman–Crippen LogP) is 3.02. The summed E-state index contributed by atoms with van der Waals surface area (Å²) in [5, 5.41) is 0.0622. The van der Waals surface area contributed by atoms with Crippen LogP contribution in [0.1, 0.15) is 25.0 Å². The van der Waals surface area contributed by atoms with E-state index in [1.807, 2.05) is 0 Å². The number of hydrogen-bond acceptors (Lipinski definition) is 5. The molecule has 7 heteroatoms. The lowest BCUT2D eigenvalue weighted by Crippen LogP contribution is -2.41. The van der Waals surface area contributed by atoms with Crippen LogP contribution in [0, 0.1) is 12.7 Å². The minimum Gasteiger partial charge on any atom is -0.492 e. The van der Waals surface area contributed by atoms with E-state index in [0.29, 0.717) is 5.56 Å². The van der Waals surface area contributed by atoms with Crippen LogP contribution in [0.25, 0.3) is 6.08 Å². The fourth-order valence-electron chi connectivity index (χ4n) is 1.98. The van der Waals surface area contributed by atoms with E-state index >= 15 is 0 Å². The third-order valence-corrected chi connectivity index (χ3v) is 3.54. The van der Waals surface area contributed by atoms with Gasteiger partial charge < -0.3 is 14.2 Å². The molecule has 0 aliphatic carbocycles. The summed E-state index contributed by atoms with van der Waals surface area (Å²) in [6.45, 7) is 4.49. The maximum atomic E-state index is 13.9. The van der Waals surface area contributed by atoms with E-state index < -0.39 is 23.5 Å². The Kier molecular flexibility index (Phi) is 4.15. The van der Waals surface area contributed by atoms with Gasteiger partial charge in [0.05, 0.1) is 12.1 Å². The lowest BCUT2D eigenvalue weighted by atomic mass is 10.0. The molecule has 0 saturated carbocycles. The van der Waals surface area contributed by atoms with Gasteiger partial charge in [0, 0.05) is 13.8 Å². The van der Waals surface area contributed by atoms with Gasteiger partial charge in [-0.05, 0) is 30.2 Å². The van der Waals surface area contributed by atoms with Crippen LogP contribution in [0.4, 0.5) is 4.39 Å². The van der Waals surface area contributed by atoms with Crippen molar-refractivity contribution in [3.05, 3.63) is 33.6 Å². The Morgan fingerprint density at radius 2 is 1.82 bits per heavy atom. The molecule has 1 heterocycles. The monoisotopic (exact) mass is 328 g/mol. The van der Waals surface area contributed by atoms with Gasteiger partial charge in [-0.25, -0.2) is 14.0 Å². The molecule has 0 unspecified atom stereocenters. The minimum absolute atomic E-state index is 0.0622. The van der Waals surface area contributed by atoms with Crippen molar-refractivity contribution in [2.24, 2.45) is 0 Å². The topological polar surface area (TPSA) is 61.8 Å². The first-order chi connectivity index (χ1) is 10.2. The molecular weight excluding hydrogens is 315 g/mol. The largest absolute Gasteiger partial charge is 0.492 e. The van der Waals surface area contributed by atoms with E-state index in [4.69, 9.17) is 25.8 Å². The maximum Gasteiger partial charge on any atom is 0.348 e. The third-order valence-electron chi connectivity index (χ3n) is 3.08. The van der Waals surface area contributed by atoms with Gasteiger partial charge in [0.1, 0.15) is 5.57 Å². The highest BCUT2D eigenvalue weighted by molar-refractivity contribution is 6.33. The predicted molar refractivity (Wildman–Crippen MR) is 76.9 cm³/mol. The van der Waals surface area contributed by atoms with E-state index in [-0.39, 0.29) is 21.9 Å². The lowest BCUT2D eigenvalue weighted by Gasteiger charge is -2.29. The van der Waals surface area contributed by atoms with Gasteiger partial charge in [-0.3, -0.25) is 0 Å². The summed E-state index contributed by atoms with van der Waals surface area (Å²) in [5.41, 5.74) is 0.382. The van der Waals surface area contributed by atoms with Crippen molar-refractivity contribution in [3.63, 3.8) is 0 Å². The molecule has 1 aliphatic heterocycles. The van der Waals surface area contributed by atoms with Gasteiger partial charge in [0.2, 0.25) is 0 Å². The van der Waals surface area contributed by atoms with Crippen LogP contribution in [0.2, 0.25) is 5.02 Å². The molecule has 0 spiro atoms. The van der Waals surface area contributed by atoms with Crippen LogP contribution < -0.4 is 4.74 Å². The molecule has 1 saturated heterocycles. The van der Waals surface area contributed by atoms with Crippen molar-refractivity contribution in [3.8, 4) is 5.75 Å². The Hall–Kier alpha value is -2.08. The second-order valence-corrected chi connectivity index (χ2v) is 5.53. The van der Waals surface area contributed by atoms with Crippen molar-refractivity contribution in [1.29, 1.82) is 0 Å². The summed E-state index contributed by atoms with van der Waals surface area (Å²) in [4.78, 5) is 23.8. The van der Waals surface area contributed by atoms with Crippen molar-refractivity contribution in [1.82, 2.24) is 0 Å².